The molecule has 0 saturated carbocycles. The molecule has 29 nitrogen and oxygen atoms in total. The van der Waals surface area contributed by atoms with Crippen LogP contribution in [0.1, 0.15) is 18.7 Å². The number of nitrogens with one attached hydrogen (secondary N) is 2. The van der Waals surface area contributed by atoms with Crippen molar-refractivity contribution in [2.75, 3.05) is 102 Å². The smallest absolute Gasteiger partial charge is 0.351 e. The summed E-state index contributed by atoms with van der Waals surface area (Å²) in [5.74, 6) is 0.735. The van der Waals surface area contributed by atoms with Gasteiger partial charge < -0.3 is 86.0 Å². The third kappa shape index (κ3) is 12.1. The predicted molar refractivity (Wildman–Crippen MR) is 221 cm³/mol. The summed E-state index contributed by atoms with van der Waals surface area (Å²) >= 11 is 0. The van der Waals surface area contributed by atoms with Crippen LogP contribution in [0.4, 0.5) is 17.5 Å². The van der Waals surface area contributed by atoms with Gasteiger partial charge in [-0.15, -0.1) is 0 Å². The van der Waals surface area contributed by atoms with Gasteiger partial charge in [0.05, 0.1) is 52.9 Å². The van der Waals surface area contributed by atoms with Gasteiger partial charge in [0, 0.05) is 31.7 Å². The van der Waals surface area contributed by atoms with Gasteiger partial charge in [-0.3, -0.25) is 18.6 Å². The molecule has 29 heteroatoms. The molecule has 5 aliphatic heterocycles. The minimum Gasteiger partial charge on any atom is -0.394 e. The number of hydroxylamine groups is 3. The maximum atomic E-state index is 12.2. The van der Waals surface area contributed by atoms with Crippen LogP contribution in [0, 0.1) is 0 Å². The van der Waals surface area contributed by atoms with E-state index in [1.54, 1.807) is 6.07 Å². The predicted octanol–water partition coefficient (Wildman–Crippen LogP) is -7.55. The van der Waals surface area contributed by atoms with Gasteiger partial charge in [-0.2, -0.15) is 19.6 Å². The molecule has 0 bridgehead atoms. The Morgan fingerprint density at radius 3 is 1.38 bits per heavy atom. The summed E-state index contributed by atoms with van der Waals surface area (Å²) in [4.78, 5) is 49.3. The number of ether oxygens (including phenoxy) is 5. The van der Waals surface area contributed by atoms with E-state index < -0.39 is 111 Å². The van der Waals surface area contributed by atoms with Gasteiger partial charge in [0.15, 0.2) is 25.4 Å². The van der Waals surface area contributed by atoms with Crippen LogP contribution < -0.4 is 33.4 Å². The number of quaternary nitrogens is 1. The Labute approximate surface area is 374 Å². The topological polar surface area (TPSA) is 406 Å². The highest BCUT2D eigenvalue weighted by atomic mass is 16.6. The quantitative estimate of drug-likeness (QED) is 0.0750. The zero-order valence-electron chi connectivity index (χ0n) is 35.5. The Morgan fingerprint density at radius 2 is 0.985 bits per heavy atom. The molecule has 0 radical (unpaired) electrons. The molecule has 66 heavy (non-hydrogen) atoms. The molecular formula is C37H58N11O18+. The lowest BCUT2D eigenvalue weighted by molar-refractivity contribution is -1.10. The molecule has 14 N–H and O–H groups in total. The molecule has 368 valence electrons. The molecule has 8 heterocycles. The van der Waals surface area contributed by atoms with Gasteiger partial charge in [-0.1, -0.05) is 0 Å². The lowest BCUT2D eigenvalue weighted by atomic mass is 10.1. The zero-order valence-corrected chi connectivity index (χ0v) is 35.5. The van der Waals surface area contributed by atoms with E-state index >= 15 is 0 Å². The minimum atomic E-state index is -1.35. The Hall–Kier alpha value is -4.64. The number of nitrogens with zero attached hydrogens (tertiary/aromatic N) is 8. The van der Waals surface area contributed by atoms with E-state index in [9.17, 15) is 50.2 Å². The van der Waals surface area contributed by atoms with Crippen LogP contribution in [0.25, 0.3) is 0 Å². The van der Waals surface area contributed by atoms with Crippen molar-refractivity contribution in [3.63, 3.8) is 0 Å². The highest BCUT2D eigenvalue weighted by molar-refractivity contribution is 5.32. The SMILES string of the molecule is Nc1ccn([C@@H]2O[C@H](CO)[C@H](O)C2O)c(=O)n1.O=c1nc(NCN2CCOCC2)ccn1[C@@H]1O[C@H](CO)[C@H](O)C1O.O=c1nc(NC[N+]2(O)CCOCC2)ccn1[C@@H]1O[C@H](CO)[C@H](O)C1O. The van der Waals surface area contributed by atoms with Crippen LogP contribution in [0.3, 0.4) is 0 Å². The van der Waals surface area contributed by atoms with E-state index in [1.807, 2.05) is 0 Å². The lowest BCUT2D eigenvalue weighted by Gasteiger charge is -2.33. The van der Waals surface area contributed by atoms with Crippen molar-refractivity contribution in [3.8, 4) is 0 Å². The maximum absolute atomic E-state index is 12.2. The fourth-order valence-corrected chi connectivity index (χ4v) is 7.38. The standard InChI is InChI=1S/C14H22N4O7.C14H22N4O6.C9H13N3O5/c19-7-9-11(20)12(21)13(25-9)17-2-1-10(16-14(17)22)15-8-18(23)3-5-24-6-4-18;19-7-9-11(20)12(21)13(24-9)18-2-1-10(16-14(18)22)15-8-17-3-5-23-6-4-17;10-5-1-2-12(9(16)11-5)8-7(15)6(14)4(3-13)17-8/h1-2,9,11-13,19-21,23H,3-8H2;1-2,9,11-13,19-21H,3-8H2,(H,15,16,22);1-2,4,6-8,13-15H,3H2,(H2,10,11,16)/p+1/t2*9-,11+,12?,13-;4-,6+,7?,8-/m111/s1. The first-order chi connectivity index (χ1) is 31.6. The molecule has 0 aliphatic carbocycles. The molecule has 5 saturated heterocycles. The van der Waals surface area contributed by atoms with Gasteiger partial charge in [0.1, 0.15) is 85.5 Å². The molecule has 0 amide bonds. The first-order valence-electron chi connectivity index (χ1n) is 20.9. The summed E-state index contributed by atoms with van der Waals surface area (Å²) < 4.78 is 29.2. The zero-order chi connectivity index (χ0) is 47.7. The average molecular weight is 945 g/mol. The summed E-state index contributed by atoms with van der Waals surface area (Å²) in [6, 6.07) is 4.47. The molecule has 0 aromatic carbocycles. The molecule has 5 aliphatic rings. The van der Waals surface area contributed by atoms with Gasteiger partial charge in [-0.25, -0.2) is 19.6 Å². The van der Waals surface area contributed by atoms with Crippen LogP contribution in [-0.2, 0) is 23.7 Å². The number of rotatable bonds is 12. The summed E-state index contributed by atoms with van der Waals surface area (Å²) in [5.41, 5.74) is 3.33. The van der Waals surface area contributed by atoms with E-state index in [4.69, 9.17) is 44.7 Å². The highest BCUT2D eigenvalue weighted by Gasteiger charge is 2.46. The highest BCUT2D eigenvalue weighted by Crippen LogP contribution is 2.30. The Balaban J connectivity index is 0.000000167. The molecule has 3 aromatic heterocycles. The number of anilines is 3. The Bertz CT molecular complexity index is 2190. The van der Waals surface area contributed by atoms with Crippen LogP contribution >= 0.6 is 0 Å². The monoisotopic (exact) mass is 944 g/mol. The van der Waals surface area contributed by atoms with Crippen LogP contribution in [0.2, 0.25) is 0 Å². The average Bonchev–Trinajstić information content (AvgIpc) is 3.89. The number of hydrogen-bond acceptors (Lipinski definition) is 25. The van der Waals surface area contributed by atoms with Crippen molar-refractivity contribution in [1.82, 2.24) is 33.6 Å². The number of hydrogen-bond donors (Lipinski definition) is 13. The fraction of sp³-hybridized carbons (Fsp3) is 0.676. The van der Waals surface area contributed by atoms with Gasteiger partial charge in [0.25, 0.3) is 0 Å². The van der Waals surface area contributed by atoms with Gasteiger partial charge in [0.2, 0.25) is 0 Å². The van der Waals surface area contributed by atoms with E-state index in [2.05, 4.69) is 30.5 Å². The van der Waals surface area contributed by atoms with Crippen molar-refractivity contribution in [3.05, 3.63) is 68.2 Å². The second-order valence-electron chi connectivity index (χ2n) is 15.8. The summed E-state index contributed by atoms with van der Waals surface area (Å²) in [6.07, 6.45) is -9.77. The molecule has 12 atom stereocenters. The maximum Gasteiger partial charge on any atom is 0.351 e. The van der Waals surface area contributed by atoms with Crippen molar-refractivity contribution in [2.45, 2.75) is 73.6 Å². The van der Waals surface area contributed by atoms with Crippen molar-refractivity contribution in [1.29, 1.82) is 0 Å². The van der Waals surface area contributed by atoms with Crippen LogP contribution in [0.5, 0.6) is 0 Å². The summed E-state index contributed by atoms with van der Waals surface area (Å²) in [6.45, 7) is 4.12. The number of aliphatic hydroxyl groups is 9. The summed E-state index contributed by atoms with van der Waals surface area (Å²) in [7, 11) is 0. The van der Waals surface area contributed by atoms with Gasteiger partial charge >= 0.3 is 17.1 Å². The number of nitrogen functional groups attached to an aromatic ring is 1. The first kappa shape index (κ1) is 50.8. The third-order valence-electron chi connectivity index (χ3n) is 11.3. The Kier molecular flexibility index (Phi) is 17.6. The second-order valence-corrected chi connectivity index (χ2v) is 15.8. The molecule has 3 unspecified atom stereocenters. The minimum absolute atomic E-state index is 0.0537. The largest absolute Gasteiger partial charge is 0.394 e. The molecule has 8 rings (SSSR count). The Morgan fingerprint density at radius 1 is 0.591 bits per heavy atom. The molecule has 5 fully saturated rings. The van der Waals surface area contributed by atoms with E-state index in [0.29, 0.717) is 52.0 Å². The van der Waals surface area contributed by atoms with Crippen molar-refractivity contribution in [2.24, 2.45) is 0 Å². The van der Waals surface area contributed by atoms with E-state index in [0.717, 1.165) is 26.8 Å². The van der Waals surface area contributed by atoms with Crippen LogP contribution in [0.15, 0.2) is 51.2 Å². The summed E-state index contributed by atoms with van der Waals surface area (Å²) in [5, 5.41) is 102. The molecular weight excluding hydrogens is 886 g/mol. The lowest BCUT2D eigenvalue weighted by Crippen LogP contribution is -2.55. The van der Waals surface area contributed by atoms with E-state index in [1.165, 1.54) is 30.7 Å². The molecule has 3 aromatic rings. The first-order valence-corrected chi connectivity index (χ1v) is 20.9. The van der Waals surface area contributed by atoms with E-state index in [-0.39, 0.29) is 23.0 Å². The molecule has 0 spiro atoms. The fourth-order valence-electron chi connectivity index (χ4n) is 7.38. The van der Waals surface area contributed by atoms with Crippen molar-refractivity contribution >= 4 is 17.5 Å². The normalized spacial score (nSPS) is 31.9. The van der Waals surface area contributed by atoms with Crippen LogP contribution in [-0.4, -0.2) is 230 Å². The number of aromatic nitrogens is 6. The second kappa shape index (κ2) is 22.9. The number of aliphatic hydroxyl groups excluding tert-OH is 9. The van der Waals surface area contributed by atoms with Crippen molar-refractivity contribution < 1.29 is 79.5 Å². The van der Waals surface area contributed by atoms with Gasteiger partial charge in [-0.05, 0) is 18.2 Å². The number of nitrogens with two attached hydrogens (primary N) is 1. The number of morpholine rings is 2. The third-order valence-corrected chi connectivity index (χ3v) is 11.3.